The Hall–Kier alpha value is 0.714. The van der Waals surface area contributed by atoms with Crippen LogP contribution in [0.25, 0.3) is 0 Å². The van der Waals surface area contributed by atoms with Gasteiger partial charge < -0.3 is 0 Å². The van der Waals surface area contributed by atoms with Crippen LogP contribution < -0.4 is 0 Å². The maximum Gasteiger partial charge on any atom is 0 e. The van der Waals surface area contributed by atoms with Crippen molar-refractivity contribution in [3.05, 3.63) is 6.92 Å². The van der Waals surface area contributed by atoms with E-state index in [1.165, 1.54) is 57.8 Å². The molecule has 0 N–H and O–H groups in total. The third kappa shape index (κ3) is 15.5. The van der Waals surface area contributed by atoms with Gasteiger partial charge >= 0.3 is 0 Å². The summed E-state index contributed by atoms with van der Waals surface area (Å²) in [4.78, 5) is 0. The molecule has 0 saturated heterocycles. The summed E-state index contributed by atoms with van der Waals surface area (Å²) < 4.78 is 0. The molecule has 0 atom stereocenters. The Balaban J connectivity index is 0. The Kier molecular flexibility index (Phi) is 18.9. The minimum Gasteiger partial charge on any atom is -0.0654 e. The van der Waals surface area contributed by atoms with E-state index in [0.29, 0.717) is 0 Å². The van der Waals surface area contributed by atoms with E-state index in [2.05, 4.69) is 13.8 Å². The van der Waals surface area contributed by atoms with E-state index in [0.717, 1.165) is 6.42 Å². The average molecular weight is 217 g/mol. The van der Waals surface area contributed by atoms with Crippen LogP contribution in [-0.2, 0) is 21.7 Å². The van der Waals surface area contributed by atoms with E-state index in [1.54, 1.807) is 0 Å². The molecule has 0 saturated carbocycles. The van der Waals surface area contributed by atoms with Crippen LogP contribution in [0.2, 0.25) is 0 Å². The summed E-state index contributed by atoms with van der Waals surface area (Å²) in [5.41, 5.74) is 0. The molecule has 0 unspecified atom stereocenters. The van der Waals surface area contributed by atoms with Crippen LogP contribution in [0.15, 0.2) is 0 Å². The van der Waals surface area contributed by atoms with Gasteiger partial charge in [-0.2, -0.15) is 0 Å². The van der Waals surface area contributed by atoms with Crippen molar-refractivity contribution in [3.63, 3.8) is 0 Å². The van der Waals surface area contributed by atoms with Crippen LogP contribution in [0.3, 0.4) is 0 Å². The quantitative estimate of drug-likeness (QED) is 0.386. The third-order valence-electron chi connectivity index (χ3n) is 2.35. The molecule has 0 nitrogen and oxygen atoms in total. The van der Waals surface area contributed by atoms with E-state index in [4.69, 9.17) is 0 Å². The third-order valence-corrected chi connectivity index (χ3v) is 2.35. The van der Waals surface area contributed by atoms with Crippen LogP contribution in [0, 0.1) is 6.92 Å². The molecule has 0 aliphatic rings. The first kappa shape index (κ1) is 16.2. The van der Waals surface area contributed by atoms with Crippen LogP contribution >= 0.6 is 0 Å². The van der Waals surface area contributed by atoms with Gasteiger partial charge in [0.05, 0.1) is 0 Å². The van der Waals surface area contributed by atoms with Gasteiger partial charge in [-0.05, 0) is 0 Å². The molecular weight excluding hydrogens is 192 g/mol. The Labute approximate surface area is 99.8 Å². The fraction of sp³-hybridized carbons (Fsp3) is 0.917. The smallest absolute Gasteiger partial charge is 0 e. The molecule has 1 heteroatoms. The van der Waals surface area contributed by atoms with Crippen molar-refractivity contribution in [1.82, 2.24) is 0 Å². The molecule has 1 radical (unpaired) electrons. The second-order valence-electron chi connectivity index (χ2n) is 3.68. The Morgan fingerprint density at radius 2 is 1.08 bits per heavy atom. The molecule has 77 valence electrons. The van der Waals surface area contributed by atoms with Gasteiger partial charge in [0.1, 0.15) is 0 Å². The van der Waals surface area contributed by atoms with Crippen molar-refractivity contribution in [2.24, 2.45) is 0 Å². The van der Waals surface area contributed by atoms with Gasteiger partial charge in [0.15, 0.2) is 0 Å². The van der Waals surface area contributed by atoms with Crippen LogP contribution in [0.1, 0.15) is 71.1 Å². The topological polar surface area (TPSA) is 0 Å². The zero-order valence-electron chi connectivity index (χ0n) is 9.28. The van der Waals surface area contributed by atoms with Gasteiger partial charge in [-0.3, -0.25) is 0 Å². The van der Waals surface area contributed by atoms with Gasteiger partial charge in [0.2, 0.25) is 0 Å². The van der Waals surface area contributed by atoms with Gasteiger partial charge in [0.25, 0.3) is 0 Å². The van der Waals surface area contributed by atoms with Gasteiger partial charge in [-0.1, -0.05) is 78.1 Å². The van der Waals surface area contributed by atoms with E-state index >= 15 is 0 Å². The summed E-state index contributed by atoms with van der Waals surface area (Å²) in [5, 5.41) is 0. The van der Waals surface area contributed by atoms with Crippen molar-refractivity contribution < 1.29 is 21.7 Å². The summed E-state index contributed by atoms with van der Waals surface area (Å²) >= 11 is 0. The first-order chi connectivity index (χ1) is 5.91. The van der Waals surface area contributed by atoms with Gasteiger partial charge in [0, 0.05) is 21.7 Å². The molecule has 0 amide bonds. The molecule has 0 spiro atoms. The predicted molar refractivity (Wildman–Crippen MR) is 57.2 cm³/mol. The Morgan fingerprint density at radius 3 is 1.46 bits per heavy atom. The molecule has 0 fully saturated rings. The minimum atomic E-state index is 0. The maximum absolute atomic E-state index is 3.84. The molecule has 0 aliphatic carbocycles. The second kappa shape index (κ2) is 15.2. The number of hydrogen-bond acceptors (Lipinski definition) is 0. The summed E-state index contributed by atoms with van der Waals surface area (Å²) in [5.74, 6) is 0. The van der Waals surface area contributed by atoms with Crippen molar-refractivity contribution in [2.75, 3.05) is 0 Å². The molecule has 0 heterocycles. The zero-order valence-corrected chi connectivity index (χ0v) is 10.8. The van der Waals surface area contributed by atoms with Gasteiger partial charge in [-0.15, -0.1) is 0 Å². The van der Waals surface area contributed by atoms with Crippen LogP contribution in [0.5, 0.6) is 0 Å². The molecule has 0 aliphatic heterocycles. The Morgan fingerprint density at radius 1 is 0.692 bits per heavy atom. The number of hydrogen-bond donors (Lipinski definition) is 0. The normalized spacial score (nSPS) is 9.69. The van der Waals surface area contributed by atoms with Crippen molar-refractivity contribution in [2.45, 2.75) is 71.1 Å². The molecule has 0 bridgehead atoms. The summed E-state index contributed by atoms with van der Waals surface area (Å²) in [6.45, 7) is 6.12. The monoisotopic (exact) mass is 217 g/mol. The van der Waals surface area contributed by atoms with E-state index in [-0.39, 0.29) is 21.7 Å². The predicted octanol–water partition coefficient (Wildman–Crippen LogP) is 4.74. The van der Waals surface area contributed by atoms with E-state index < -0.39 is 0 Å². The summed E-state index contributed by atoms with van der Waals surface area (Å²) in [6.07, 6.45) is 13.9. The fourth-order valence-corrected chi connectivity index (χ4v) is 1.49. The first-order valence-corrected chi connectivity index (χ1v) is 5.71. The van der Waals surface area contributed by atoms with E-state index in [9.17, 15) is 0 Å². The first-order valence-electron chi connectivity index (χ1n) is 5.71. The second-order valence-corrected chi connectivity index (χ2v) is 3.68. The number of unbranched alkanes of at least 4 members (excludes halogenated alkanes) is 9. The molecule has 0 aromatic carbocycles. The molecular formula is C12H25Ti. The van der Waals surface area contributed by atoms with Crippen molar-refractivity contribution in [3.8, 4) is 0 Å². The maximum atomic E-state index is 3.84. The van der Waals surface area contributed by atoms with Crippen molar-refractivity contribution >= 4 is 0 Å². The molecule has 0 aromatic rings. The largest absolute Gasteiger partial charge is 0.0654 e. The van der Waals surface area contributed by atoms with Crippen molar-refractivity contribution in [1.29, 1.82) is 0 Å². The van der Waals surface area contributed by atoms with Gasteiger partial charge in [-0.25, -0.2) is 0 Å². The van der Waals surface area contributed by atoms with Crippen LogP contribution in [0.4, 0.5) is 0 Å². The minimum absolute atomic E-state index is 0. The summed E-state index contributed by atoms with van der Waals surface area (Å²) in [6, 6.07) is 0. The average Bonchev–Trinajstić information content (AvgIpc) is 2.10. The SMILES string of the molecule is [CH2]CCCCCCCCCCC.[Ti]. The number of rotatable bonds is 9. The van der Waals surface area contributed by atoms with Crippen LogP contribution in [-0.4, -0.2) is 0 Å². The molecule has 0 aromatic heterocycles. The standard InChI is InChI=1S/C12H25.Ti/c1-3-5-7-9-11-12-10-8-6-4-2;/h1,3-12H2,2H3;. The van der Waals surface area contributed by atoms with E-state index in [1.807, 2.05) is 0 Å². The fourth-order valence-electron chi connectivity index (χ4n) is 1.49. The summed E-state index contributed by atoms with van der Waals surface area (Å²) in [7, 11) is 0. The zero-order chi connectivity index (χ0) is 9.07. The molecule has 13 heavy (non-hydrogen) atoms. The Bertz CT molecular complexity index is 61.5. The molecule has 0 rings (SSSR count).